The fourth-order valence-electron chi connectivity index (χ4n) is 2.26. The normalized spacial score (nSPS) is 16.3. The lowest BCUT2D eigenvalue weighted by Crippen LogP contribution is -2.42. The zero-order chi connectivity index (χ0) is 16.8. The number of aliphatic imine (C=N–C) groups is 1. The van der Waals surface area contributed by atoms with E-state index in [1.54, 1.807) is 17.0 Å². The number of nitrogens with one attached hydrogen (secondary N) is 1. The first-order valence-corrected chi connectivity index (χ1v) is 8.10. The van der Waals surface area contributed by atoms with Crippen LogP contribution in [-0.4, -0.2) is 49.6 Å². The van der Waals surface area contributed by atoms with E-state index in [-0.39, 0.29) is 48.4 Å². The van der Waals surface area contributed by atoms with Gasteiger partial charge in [0.15, 0.2) is 5.96 Å². The van der Waals surface area contributed by atoms with Crippen LogP contribution in [0.25, 0.3) is 0 Å². The first kappa shape index (κ1) is 21.3. The molecule has 0 radical (unpaired) electrons. The van der Waals surface area contributed by atoms with E-state index in [9.17, 15) is 4.79 Å². The Morgan fingerprint density at radius 1 is 1.42 bits per heavy atom. The van der Waals surface area contributed by atoms with Crippen molar-refractivity contribution < 1.29 is 9.53 Å². The van der Waals surface area contributed by atoms with Crippen molar-refractivity contribution >= 4 is 59.0 Å². The average molecular weight is 487 g/mol. The molecule has 1 aliphatic rings. The van der Waals surface area contributed by atoms with Gasteiger partial charge in [-0.15, -0.1) is 24.0 Å². The van der Waals surface area contributed by atoms with Gasteiger partial charge >= 0.3 is 0 Å². The van der Waals surface area contributed by atoms with E-state index in [0.717, 1.165) is 5.56 Å². The Labute approximate surface area is 168 Å². The fourth-order valence-corrected chi connectivity index (χ4v) is 2.84. The molecule has 0 saturated carbocycles. The van der Waals surface area contributed by atoms with E-state index >= 15 is 0 Å². The SMILES string of the molecule is CC(NC(N)=NCC(=O)N1CCOCC1)c1ccc(Cl)cc1Cl.I. The van der Waals surface area contributed by atoms with E-state index < -0.39 is 0 Å². The number of hydrogen-bond donors (Lipinski definition) is 2. The molecule has 1 saturated heterocycles. The number of nitrogens with two attached hydrogens (primary N) is 1. The van der Waals surface area contributed by atoms with Crippen molar-refractivity contribution in [3.8, 4) is 0 Å². The van der Waals surface area contributed by atoms with Gasteiger partial charge < -0.3 is 20.7 Å². The van der Waals surface area contributed by atoms with Crippen LogP contribution in [0.5, 0.6) is 0 Å². The van der Waals surface area contributed by atoms with Crippen LogP contribution < -0.4 is 11.1 Å². The third-order valence-corrected chi connectivity index (χ3v) is 4.10. The van der Waals surface area contributed by atoms with E-state index in [1.165, 1.54) is 0 Å². The standard InChI is InChI=1S/C15H20Cl2N4O2.HI/c1-10(12-3-2-11(16)8-13(12)17)20-15(18)19-9-14(22)21-4-6-23-7-5-21;/h2-3,8,10H,4-7,9H2,1H3,(H3,18,19,20);1H. The summed E-state index contributed by atoms with van der Waals surface area (Å²) >= 11 is 12.0. The highest BCUT2D eigenvalue weighted by molar-refractivity contribution is 14.0. The second kappa shape index (κ2) is 10.3. The first-order valence-electron chi connectivity index (χ1n) is 7.34. The molecule has 24 heavy (non-hydrogen) atoms. The summed E-state index contributed by atoms with van der Waals surface area (Å²) in [6.45, 7) is 4.24. The lowest BCUT2D eigenvalue weighted by molar-refractivity contribution is -0.133. The molecule has 2 rings (SSSR count). The highest BCUT2D eigenvalue weighted by Crippen LogP contribution is 2.25. The monoisotopic (exact) mass is 486 g/mol. The summed E-state index contributed by atoms with van der Waals surface area (Å²) in [5.74, 6) is 0.139. The number of ether oxygens (including phenoxy) is 1. The minimum absolute atomic E-state index is 0. The van der Waals surface area contributed by atoms with Crippen molar-refractivity contribution in [1.29, 1.82) is 0 Å². The largest absolute Gasteiger partial charge is 0.378 e. The highest BCUT2D eigenvalue weighted by Gasteiger charge is 2.16. The summed E-state index contributed by atoms with van der Waals surface area (Å²) in [6, 6.07) is 5.11. The minimum atomic E-state index is -0.151. The summed E-state index contributed by atoms with van der Waals surface area (Å²) in [6.07, 6.45) is 0. The van der Waals surface area contributed by atoms with Gasteiger partial charge in [0.2, 0.25) is 5.91 Å². The van der Waals surface area contributed by atoms with Gasteiger partial charge in [-0.1, -0.05) is 29.3 Å². The Hall–Kier alpha value is -0.770. The molecule has 1 aromatic rings. The van der Waals surface area contributed by atoms with Crippen molar-refractivity contribution in [3.63, 3.8) is 0 Å². The van der Waals surface area contributed by atoms with Gasteiger partial charge in [-0.2, -0.15) is 0 Å². The van der Waals surface area contributed by atoms with Crippen LogP contribution in [0.1, 0.15) is 18.5 Å². The molecule has 0 aliphatic carbocycles. The molecular formula is C15H21Cl2IN4O2. The molecular weight excluding hydrogens is 466 g/mol. The molecule has 0 bridgehead atoms. The topological polar surface area (TPSA) is 79.9 Å². The Morgan fingerprint density at radius 3 is 2.71 bits per heavy atom. The van der Waals surface area contributed by atoms with Crippen molar-refractivity contribution in [2.45, 2.75) is 13.0 Å². The third-order valence-electron chi connectivity index (χ3n) is 3.54. The van der Waals surface area contributed by atoms with Gasteiger partial charge in [0.25, 0.3) is 0 Å². The van der Waals surface area contributed by atoms with Gasteiger partial charge in [-0.05, 0) is 24.6 Å². The Kier molecular flexibility index (Phi) is 9.11. The molecule has 1 fully saturated rings. The number of carbonyl (C=O) groups is 1. The number of guanidine groups is 1. The second-order valence-corrected chi connectivity index (χ2v) is 6.07. The summed E-state index contributed by atoms with van der Waals surface area (Å²) < 4.78 is 5.21. The predicted molar refractivity (Wildman–Crippen MR) is 107 cm³/mol. The molecule has 134 valence electrons. The molecule has 1 amide bonds. The average Bonchev–Trinajstić information content (AvgIpc) is 2.53. The lowest BCUT2D eigenvalue weighted by Gasteiger charge is -2.26. The molecule has 1 atom stereocenters. The second-order valence-electron chi connectivity index (χ2n) is 5.23. The number of halogens is 3. The number of carbonyl (C=O) groups excluding carboxylic acids is 1. The van der Waals surface area contributed by atoms with Crippen molar-refractivity contribution in [3.05, 3.63) is 33.8 Å². The Balaban J connectivity index is 0.00000288. The molecule has 0 aromatic heterocycles. The number of rotatable bonds is 4. The highest BCUT2D eigenvalue weighted by atomic mass is 127. The molecule has 1 aromatic carbocycles. The predicted octanol–water partition coefficient (Wildman–Crippen LogP) is 2.44. The maximum Gasteiger partial charge on any atom is 0.244 e. The summed E-state index contributed by atoms with van der Waals surface area (Å²) in [4.78, 5) is 17.8. The van der Waals surface area contributed by atoms with E-state index in [1.807, 2.05) is 13.0 Å². The molecule has 1 aliphatic heterocycles. The zero-order valence-electron chi connectivity index (χ0n) is 13.3. The van der Waals surface area contributed by atoms with Crippen LogP contribution in [0.4, 0.5) is 0 Å². The zero-order valence-corrected chi connectivity index (χ0v) is 17.1. The third kappa shape index (κ3) is 6.27. The quantitative estimate of drug-likeness (QED) is 0.389. The van der Waals surface area contributed by atoms with Crippen LogP contribution in [0.15, 0.2) is 23.2 Å². The molecule has 6 nitrogen and oxygen atoms in total. The number of hydrogen-bond acceptors (Lipinski definition) is 3. The summed E-state index contributed by atoms with van der Waals surface area (Å²) in [5.41, 5.74) is 6.70. The number of benzene rings is 1. The van der Waals surface area contributed by atoms with Gasteiger partial charge in [-0.25, -0.2) is 4.99 Å². The van der Waals surface area contributed by atoms with Gasteiger partial charge in [0.1, 0.15) is 6.54 Å². The van der Waals surface area contributed by atoms with Crippen LogP contribution in [0.2, 0.25) is 10.0 Å². The van der Waals surface area contributed by atoms with Crippen LogP contribution in [0.3, 0.4) is 0 Å². The van der Waals surface area contributed by atoms with E-state index in [2.05, 4.69) is 10.3 Å². The maximum absolute atomic E-state index is 12.0. The number of amides is 1. The lowest BCUT2D eigenvalue weighted by atomic mass is 10.1. The molecule has 1 heterocycles. The fraction of sp³-hybridized carbons (Fsp3) is 0.467. The number of nitrogens with zero attached hydrogens (tertiary/aromatic N) is 2. The summed E-state index contributed by atoms with van der Waals surface area (Å²) in [7, 11) is 0. The smallest absolute Gasteiger partial charge is 0.244 e. The minimum Gasteiger partial charge on any atom is -0.378 e. The van der Waals surface area contributed by atoms with Crippen molar-refractivity contribution in [2.24, 2.45) is 10.7 Å². The van der Waals surface area contributed by atoms with Crippen molar-refractivity contribution in [2.75, 3.05) is 32.8 Å². The van der Waals surface area contributed by atoms with Crippen molar-refractivity contribution in [1.82, 2.24) is 10.2 Å². The van der Waals surface area contributed by atoms with Crippen LogP contribution in [0, 0.1) is 0 Å². The van der Waals surface area contributed by atoms with Gasteiger partial charge in [0, 0.05) is 23.1 Å². The molecule has 1 unspecified atom stereocenters. The maximum atomic E-state index is 12.0. The van der Waals surface area contributed by atoms with Gasteiger partial charge in [-0.3, -0.25) is 4.79 Å². The van der Waals surface area contributed by atoms with Crippen LogP contribution >= 0.6 is 47.2 Å². The summed E-state index contributed by atoms with van der Waals surface area (Å²) in [5, 5.41) is 4.14. The van der Waals surface area contributed by atoms with Crippen LogP contribution in [-0.2, 0) is 9.53 Å². The van der Waals surface area contributed by atoms with E-state index in [0.29, 0.717) is 36.3 Å². The first-order chi connectivity index (χ1) is 11.0. The van der Waals surface area contributed by atoms with E-state index in [4.69, 9.17) is 33.7 Å². The molecule has 0 spiro atoms. The Morgan fingerprint density at radius 2 is 2.08 bits per heavy atom. The Bertz CT molecular complexity index is 595. The molecule has 3 N–H and O–H groups in total. The number of morpholine rings is 1. The molecule has 9 heteroatoms. The van der Waals surface area contributed by atoms with Gasteiger partial charge in [0.05, 0.1) is 19.3 Å².